The fourth-order valence-electron chi connectivity index (χ4n) is 2.04. The number of hydrogen-bond acceptors (Lipinski definition) is 3. The van der Waals surface area contributed by atoms with Gasteiger partial charge in [0.05, 0.1) is 19.3 Å². The first-order chi connectivity index (χ1) is 10.1. The van der Waals surface area contributed by atoms with Crippen LogP contribution in [0.2, 0.25) is 5.02 Å². The predicted octanol–water partition coefficient (Wildman–Crippen LogP) is 2.77. The number of methoxy groups -OCH3 is 1. The molecule has 1 aromatic carbocycles. The van der Waals surface area contributed by atoms with E-state index in [-0.39, 0.29) is 5.82 Å². The first kappa shape index (κ1) is 15.9. The molecule has 2 rings (SSSR count). The number of nitrogens with zero attached hydrogens (tertiary/aromatic N) is 2. The Bertz CT molecular complexity index is 601. The molecule has 1 aromatic heterocycles. The minimum atomic E-state index is -0.269. The van der Waals surface area contributed by atoms with Crippen LogP contribution in [-0.4, -0.2) is 30.0 Å². The summed E-state index contributed by atoms with van der Waals surface area (Å²) in [7, 11) is 1.67. The third kappa shape index (κ3) is 4.27. The van der Waals surface area contributed by atoms with E-state index in [2.05, 4.69) is 10.4 Å². The van der Waals surface area contributed by atoms with Gasteiger partial charge < -0.3 is 10.1 Å². The predicted molar refractivity (Wildman–Crippen MR) is 81.1 cm³/mol. The lowest BCUT2D eigenvalue weighted by Crippen LogP contribution is -2.19. The first-order valence-corrected chi connectivity index (χ1v) is 7.14. The zero-order valence-electron chi connectivity index (χ0n) is 12.2. The van der Waals surface area contributed by atoms with E-state index in [1.54, 1.807) is 30.1 Å². The van der Waals surface area contributed by atoms with Crippen LogP contribution in [0.1, 0.15) is 16.8 Å². The highest BCUT2D eigenvalue weighted by molar-refractivity contribution is 6.30. The molecule has 6 heteroatoms. The zero-order chi connectivity index (χ0) is 15.2. The molecule has 0 amide bonds. The molecule has 1 heterocycles. The largest absolute Gasteiger partial charge is 0.383 e. The maximum Gasteiger partial charge on any atom is 0.128 e. The Kier molecular flexibility index (Phi) is 5.73. The van der Waals surface area contributed by atoms with Crippen LogP contribution in [0.3, 0.4) is 0 Å². The van der Waals surface area contributed by atoms with Crippen LogP contribution in [0.4, 0.5) is 4.39 Å². The van der Waals surface area contributed by atoms with Gasteiger partial charge in [-0.25, -0.2) is 4.39 Å². The molecule has 21 heavy (non-hydrogen) atoms. The number of halogens is 2. The van der Waals surface area contributed by atoms with Crippen molar-refractivity contribution in [1.29, 1.82) is 0 Å². The van der Waals surface area contributed by atoms with Gasteiger partial charge in [-0.1, -0.05) is 11.6 Å². The highest BCUT2D eigenvalue weighted by Gasteiger charge is 2.09. The molecule has 0 bridgehead atoms. The lowest BCUT2D eigenvalue weighted by atomic mass is 10.2. The van der Waals surface area contributed by atoms with Crippen molar-refractivity contribution in [3.63, 3.8) is 0 Å². The van der Waals surface area contributed by atoms with Crippen LogP contribution in [-0.2, 0) is 17.8 Å². The molecule has 4 nitrogen and oxygen atoms in total. The van der Waals surface area contributed by atoms with Gasteiger partial charge in [-0.05, 0) is 25.1 Å². The van der Waals surface area contributed by atoms with Crippen LogP contribution >= 0.6 is 11.6 Å². The molecule has 0 aliphatic heterocycles. The van der Waals surface area contributed by atoms with Gasteiger partial charge in [-0.15, -0.1) is 0 Å². The van der Waals surface area contributed by atoms with Crippen molar-refractivity contribution >= 4 is 11.6 Å². The summed E-state index contributed by atoms with van der Waals surface area (Å²) in [5.74, 6) is -0.269. The summed E-state index contributed by atoms with van der Waals surface area (Å²) in [5, 5.41) is 8.11. The van der Waals surface area contributed by atoms with Crippen molar-refractivity contribution in [3.8, 4) is 0 Å². The van der Waals surface area contributed by atoms with E-state index >= 15 is 0 Å². The highest BCUT2D eigenvalue weighted by Crippen LogP contribution is 2.17. The van der Waals surface area contributed by atoms with Crippen molar-refractivity contribution < 1.29 is 9.13 Å². The number of rotatable bonds is 7. The monoisotopic (exact) mass is 311 g/mol. The summed E-state index contributed by atoms with van der Waals surface area (Å²) in [6, 6.07) is 4.56. The lowest BCUT2D eigenvalue weighted by molar-refractivity contribution is 0.199. The molecule has 0 fully saturated rings. The van der Waals surface area contributed by atoms with E-state index in [0.29, 0.717) is 30.3 Å². The van der Waals surface area contributed by atoms with Crippen molar-refractivity contribution in [2.45, 2.75) is 20.0 Å². The molecule has 0 radical (unpaired) electrons. The summed E-state index contributed by atoms with van der Waals surface area (Å²) >= 11 is 5.91. The standard InChI is InChI=1S/C15H19ClFN3O/c1-11-13(8-18-5-6-21-2)9-19-20(11)10-12-7-14(16)3-4-15(12)17/h3-4,7,9,18H,5-6,8,10H2,1-2H3. The van der Waals surface area contributed by atoms with E-state index in [1.807, 2.05) is 6.92 Å². The average Bonchev–Trinajstić information content (AvgIpc) is 2.80. The quantitative estimate of drug-likeness (QED) is 0.799. The normalized spacial score (nSPS) is 11.0. The molecule has 114 valence electrons. The highest BCUT2D eigenvalue weighted by atomic mass is 35.5. The van der Waals surface area contributed by atoms with Crippen LogP contribution in [0, 0.1) is 12.7 Å². The van der Waals surface area contributed by atoms with Crippen molar-refractivity contribution in [2.24, 2.45) is 0 Å². The topological polar surface area (TPSA) is 39.1 Å². The Hall–Kier alpha value is -1.43. The van der Waals surface area contributed by atoms with E-state index in [0.717, 1.165) is 17.8 Å². The second-order valence-electron chi connectivity index (χ2n) is 4.82. The van der Waals surface area contributed by atoms with Crippen LogP contribution in [0.25, 0.3) is 0 Å². The summed E-state index contributed by atoms with van der Waals surface area (Å²) in [5.41, 5.74) is 2.64. The average molecular weight is 312 g/mol. The van der Waals surface area contributed by atoms with Gasteiger partial charge in [0, 0.05) is 42.0 Å². The van der Waals surface area contributed by atoms with Gasteiger partial charge >= 0.3 is 0 Å². The Balaban J connectivity index is 2.04. The Morgan fingerprint density at radius 1 is 1.38 bits per heavy atom. The second-order valence-corrected chi connectivity index (χ2v) is 5.25. The molecule has 1 N–H and O–H groups in total. The molecule has 2 aromatic rings. The van der Waals surface area contributed by atoms with Gasteiger partial charge in [-0.2, -0.15) is 5.10 Å². The summed E-state index contributed by atoms with van der Waals surface area (Å²) in [6.45, 7) is 4.51. The minimum Gasteiger partial charge on any atom is -0.383 e. The number of hydrogen-bond donors (Lipinski definition) is 1. The van der Waals surface area contributed by atoms with Crippen LogP contribution in [0.15, 0.2) is 24.4 Å². The second kappa shape index (κ2) is 7.54. The van der Waals surface area contributed by atoms with E-state index in [9.17, 15) is 4.39 Å². The summed E-state index contributed by atoms with van der Waals surface area (Å²) in [6.07, 6.45) is 1.80. The zero-order valence-corrected chi connectivity index (χ0v) is 13.0. The molecular weight excluding hydrogens is 293 g/mol. The van der Waals surface area contributed by atoms with Crippen molar-refractivity contribution in [1.82, 2.24) is 15.1 Å². The minimum absolute atomic E-state index is 0.269. The van der Waals surface area contributed by atoms with E-state index in [1.165, 1.54) is 6.07 Å². The van der Waals surface area contributed by atoms with Gasteiger partial charge in [-0.3, -0.25) is 4.68 Å². The summed E-state index contributed by atoms with van der Waals surface area (Å²) < 4.78 is 20.5. The van der Waals surface area contributed by atoms with Crippen molar-refractivity contribution in [2.75, 3.05) is 20.3 Å². The van der Waals surface area contributed by atoms with Crippen LogP contribution < -0.4 is 5.32 Å². The van der Waals surface area contributed by atoms with Crippen LogP contribution in [0.5, 0.6) is 0 Å². The fourth-order valence-corrected chi connectivity index (χ4v) is 2.24. The van der Waals surface area contributed by atoms with Gasteiger partial charge in [0.1, 0.15) is 5.82 Å². The smallest absolute Gasteiger partial charge is 0.128 e. The molecule has 0 spiro atoms. The van der Waals surface area contributed by atoms with E-state index < -0.39 is 0 Å². The third-order valence-electron chi connectivity index (χ3n) is 3.33. The van der Waals surface area contributed by atoms with Gasteiger partial charge in [0.25, 0.3) is 0 Å². The van der Waals surface area contributed by atoms with E-state index in [4.69, 9.17) is 16.3 Å². The number of ether oxygens (including phenoxy) is 1. The lowest BCUT2D eigenvalue weighted by Gasteiger charge is -2.08. The third-order valence-corrected chi connectivity index (χ3v) is 3.57. The number of nitrogens with one attached hydrogen (secondary N) is 1. The molecule has 0 unspecified atom stereocenters. The molecule has 0 aliphatic carbocycles. The Labute approximate surface area is 128 Å². The molecular formula is C15H19ClFN3O. The molecule has 0 atom stereocenters. The molecule has 0 saturated carbocycles. The maximum atomic E-state index is 13.8. The number of aromatic nitrogens is 2. The molecule has 0 saturated heterocycles. The fraction of sp³-hybridized carbons (Fsp3) is 0.400. The molecule has 0 aliphatic rings. The SMILES string of the molecule is COCCNCc1cnn(Cc2cc(Cl)ccc2F)c1C. The first-order valence-electron chi connectivity index (χ1n) is 6.76. The van der Waals surface area contributed by atoms with Gasteiger partial charge in [0.15, 0.2) is 0 Å². The van der Waals surface area contributed by atoms with Gasteiger partial charge in [0.2, 0.25) is 0 Å². The number of benzene rings is 1. The Morgan fingerprint density at radius 2 is 2.19 bits per heavy atom. The Morgan fingerprint density at radius 3 is 2.95 bits per heavy atom. The van der Waals surface area contributed by atoms with Crippen molar-refractivity contribution in [3.05, 3.63) is 52.1 Å². The maximum absolute atomic E-state index is 13.8. The summed E-state index contributed by atoms with van der Waals surface area (Å²) in [4.78, 5) is 0.